The average molecular weight is 379 g/mol. The number of furan rings is 1. The van der Waals surface area contributed by atoms with Crippen LogP contribution in [0.25, 0.3) is 0 Å². The van der Waals surface area contributed by atoms with E-state index in [-0.39, 0.29) is 18.4 Å². The molecule has 0 fully saturated rings. The molecule has 1 heterocycles. The van der Waals surface area contributed by atoms with E-state index in [9.17, 15) is 9.59 Å². The van der Waals surface area contributed by atoms with Crippen LogP contribution < -0.4 is 20.7 Å². The number of urea groups is 1. The average Bonchev–Trinajstić information content (AvgIpc) is 3.22. The molecule has 3 amide bonds. The van der Waals surface area contributed by atoms with Crippen LogP contribution in [0.5, 0.6) is 5.75 Å². The standard InChI is InChI=1S/C21H21N3O4/c1-27-18-5-2-4-15(12-18)13-20(25)23-16-7-9-17(10-8-16)24-21(26)22-14-19-6-3-11-28-19/h2-12H,13-14H2,1H3,(H,23,25)(H2,22,24,26). The molecule has 144 valence electrons. The Labute approximate surface area is 162 Å². The fourth-order valence-electron chi connectivity index (χ4n) is 2.57. The van der Waals surface area contributed by atoms with Crippen LogP contribution in [0.15, 0.2) is 71.3 Å². The molecule has 0 unspecified atom stereocenters. The quantitative estimate of drug-likeness (QED) is 0.582. The number of nitrogens with one attached hydrogen (secondary N) is 3. The monoisotopic (exact) mass is 379 g/mol. The summed E-state index contributed by atoms with van der Waals surface area (Å²) < 4.78 is 10.3. The van der Waals surface area contributed by atoms with Crippen molar-refractivity contribution in [3.63, 3.8) is 0 Å². The second-order valence-electron chi connectivity index (χ2n) is 6.04. The van der Waals surface area contributed by atoms with Crippen LogP contribution in [-0.2, 0) is 17.8 Å². The second kappa shape index (κ2) is 9.27. The smallest absolute Gasteiger partial charge is 0.319 e. The van der Waals surface area contributed by atoms with Crippen LogP contribution in [0.1, 0.15) is 11.3 Å². The Bertz CT molecular complexity index is 921. The molecule has 7 heteroatoms. The van der Waals surface area contributed by atoms with Gasteiger partial charge in [0, 0.05) is 11.4 Å². The van der Waals surface area contributed by atoms with Gasteiger partial charge in [0.05, 0.1) is 26.3 Å². The van der Waals surface area contributed by atoms with Crippen molar-refractivity contribution >= 4 is 23.3 Å². The van der Waals surface area contributed by atoms with Gasteiger partial charge >= 0.3 is 6.03 Å². The van der Waals surface area contributed by atoms with Crippen LogP contribution in [0, 0.1) is 0 Å². The number of hydrogen-bond acceptors (Lipinski definition) is 4. The summed E-state index contributed by atoms with van der Waals surface area (Å²) in [4.78, 5) is 24.1. The SMILES string of the molecule is COc1cccc(CC(=O)Nc2ccc(NC(=O)NCc3ccco3)cc2)c1. The van der Waals surface area contributed by atoms with Gasteiger partial charge in [-0.2, -0.15) is 0 Å². The highest BCUT2D eigenvalue weighted by Gasteiger charge is 2.07. The Balaban J connectivity index is 1.48. The van der Waals surface area contributed by atoms with Crippen LogP contribution >= 0.6 is 0 Å². The number of benzene rings is 2. The normalized spacial score (nSPS) is 10.2. The maximum atomic E-state index is 12.2. The molecule has 28 heavy (non-hydrogen) atoms. The summed E-state index contributed by atoms with van der Waals surface area (Å²) in [5.41, 5.74) is 2.13. The minimum Gasteiger partial charge on any atom is -0.497 e. The maximum absolute atomic E-state index is 12.2. The minimum atomic E-state index is -0.341. The molecule has 0 bridgehead atoms. The molecule has 0 atom stereocenters. The van der Waals surface area contributed by atoms with E-state index < -0.39 is 0 Å². The number of amides is 3. The molecule has 7 nitrogen and oxygen atoms in total. The van der Waals surface area contributed by atoms with E-state index in [2.05, 4.69) is 16.0 Å². The lowest BCUT2D eigenvalue weighted by molar-refractivity contribution is -0.115. The van der Waals surface area contributed by atoms with Gasteiger partial charge in [-0.1, -0.05) is 12.1 Å². The van der Waals surface area contributed by atoms with Gasteiger partial charge < -0.3 is 25.1 Å². The van der Waals surface area contributed by atoms with E-state index in [1.54, 1.807) is 49.8 Å². The largest absolute Gasteiger partial charge is 0.497 e. The molecule has 0 aliphatic carbocycles. The summed E-state index contributed by atoms with van der Waals surface area (Å²) in [6.07, 6.45) is 1.79. The number of carbonyl (C=O) groups is 2. The van der Waals surface area contributed by atoms with Gasteiger partial charge in [0.15, 0.2) is 0 Å². The lowest BCUT2D eigenvalue weighted by Gasteiger charge is -2.09. The first-order valence-electron chi connectivity index (χ1n) is 8.72. The Hall–Kier alpha value is -3.74. The fourth-order valence-corrected chi connectivity index (χ4v) is 2.57. The number of anilines is 2. The highest BCUT2D eigenvalue weighted by atomic mass is 16.5. The molecular formula is C21H21N3O4. The Morgan fingerprint density at radius 2 is 1.71 bits per heavy atom. The minimum absolute atomic E-state index is 0.134. The van der Waals surface area contributed by atoms with Gasteiger partial charge in [-0.05, 0) is 54.1 Å². The van der Waals surface area contributed by atoms with Gasteiger partial charge in [-0.25, -0.2) is 4.79 Å². The first-order chi connectivity index (χ1) is 13.6. The molecule has 2 aromatic carbocycles. The zero-order valence-electron chi connectivity index (χ0n) is 15.4. The van der Waals surface area contributed by atoms with Crippen LogP contribution in [0.4, 0.5) is 16.2 Å². The molecule has 3 aromatic rings. The number of ether oxygens (including phenoxy) is 1. The van der Waals surface area contributed by atoms with Crippen LogP contribution in [-0.4, -0.2) is 19.0 Å². The highest BCUT2D eigenvalue weighted by Crippen LogP contribution is 2.16. The van der Waals surface area contributed by atoms with E-state index in [1.807, 2.05) is 24.3 Å². The van der Waals surface area contributed by atoms with Crippen molar-refractivity contribution in [3.8, 4) is 5.75 Å². The number of rotatable bonds is 7. The molecule has 0 saturated carbocycles. The second-order valence-corrected chi connectivity index (χ2v) is 6.04. The third kappa shape index (κ3) is 5.63. The first kappa shape index (κ1) is 19.0. The summed E-state index contributed by atoms with van der Waals surface area (Å²) in [5, 5.41) is 8.24. The van der Waals surface area contributed by atoms with E-state index in [4.69, 9.17) is 9.15 Å². The number of carbonyl (C=O) groups excluding carboxylic acids is 2. The third-order valence-corrected chi connectivity index (χ3v) is 3.93. The van der Waals surface area contributed by atoms with Crippen molar-refractivity contribution in [1.82, 2.24) is 5.32 Å². The first-order valence-corrected chi connectivity index (χ1v) is 8.72. The molecule has 0 spiro atoms. The summed E-state index contributed by atoms with van der Waals surface area (Å²) >= 11 is 0. The van der Waals surface area contributed by atoms with E-state index >= 15 is 0 Å². The molecule has 1 aromatic heterocycles. The van der Waals surface area contributed by atoms with Crippen LogP contribution in [0.3, 0.4) is 0 Å². The van der Waals surface area contributed by atoms with Gasteiger partial charge in [0.2, 0.25) is 5.91 Å². The topological polar surface area (TPSA) is 92.6 Å². The number of hydrogen-bond donors (Lipinski definition) is 3. The fraction of sp³-hybridized carbons (Fsp3) is 0.143. The highest BCUT2D eigenvalue weighted by molar-refractivity contribution is 5.93. The van der Waals surface area contributed by atoms with Gasteiger partial charge in [-0.3, -0.25) is 4.79 Å². The molecule has 3 rings (SSSR count). The van der Waals surface area contributed by atoms with Crippen LogP contribution in [0.2, 0.25) is 0 Å². The van der Waals surface area contributed by atoms with E-state index in [0.29, 0.717) is 29.4 Å². The predicted octanol–water partition coefficient (Wildman–Crippen LogP) is 3.79. The Kier molecular flexibility index (Phi) is 6.30. The maximum Gasteiger partial charge on any atom is 0.319 e. The zero-order chi connectivity index (χ0) is 19.8. The van der Waals surface area contributed by atoms with E-state index in [1.165, 1.54) is 0 Å². The van der Waals surface area contributed by atoms with Crippen molar-refractivity contribution in [2.75, 3.05) is 17.7 Å². The summed E-state index contributed by atoms with van der Waals surface area (Å²) in [5.74, 6) is 1.25. The van der Waals surface area contributed by atoms with Crippen molar-refractivity contribution in [2.45, 2.75) is 13.0 Å². The lowest BCUT2D eigenvalue weighted by Crippen LogP contribution is -2.27. The van der Waals surface area contributed by atoms with Gasteiger partial charge in [-0.15, -0.1) is 0 Å². The van der Waals surface area contributed by atoms with Gasteiger partial charge in [0.1, 0.15) is 11.5 Å². The third-order valence-electron chi connectivity index (χ3n) is 3.93. The molecule has 3 N–H and O–H groups in total. The predicted molar refractivity (Wildman–Crippen MR) is 106 cm³/mol. The molecule has 0 radical (unpaired) electrons. The van der Waals surface area contributed by atoms with Gasteiger partial charge in [0.25, 0.3) is 0 Å². The molecular weight excluding hydrogens is 358 g/mol. The Morgan fingerprint density at radius 3 is 2.39 bits per heavy atom. The van der Waals surface area contributed by atoms with Crippen molar-refractivity contribution in [1.29, 1.82) is 0 Å². The molecule has 0 aliphatic rings. The van der Waals surface area contributed by atoms with Crippen molar-refractivity contribution < 1.29 is 18.7 Å². The Morgan fingerprint density at radius 1 is 0.964 bits per heavy atom. The zero-order valence-corrected chi connectivity index (χ0v) is 15.4. The summed E-state index contributed by atoms with van der Waals surface area (Å²) in [6.45, 7) is 0.303. The molecule has 0 aliphatic heterocycles. The van der Waals surface area contributed by atoms with Crippen molar-refractivity contribution in [3.05, 3.63) is 78.3 Å². The number of methoxy groups -OCH3 is 1. The van der Waals surface area contributed by atoms with E-state index in [0.717, 1.165) is 5.56 Å². The molecule has 0 saturated heterocycles. The lowest BCUT2D eigenvalue weighted by atomic mass is 10.1. The van der Waals surface area contributed by atoms with Crippen molar-refractivity contribution in [2.24, 2.45) is 0 Å². The summed E-state index contributed by atoms with van der Waals surface area (Å²) in [7, 11) is 1.59. The summed E-state index contributed by atoms with van der Waals surface area (Å²) in [6, 6.07) is 17.5.